The second-order valence-corrected chi connectivity index (χ2v) is 7.55. The lowest BCUT2D eigenvalue weighted by Crippen LogP contribution is -2.18. The van der Waals surface area contributed by atoms with Crippen molar-refractivity contribution in [1.29, 1.82) is 0 Å². The van der Waals surface area contributed by atoms with Gasteiger partial charge in [-0.15, -0.1) is 0 Å². The number of nitrogens with zero attached hydrogens (tertiary/aromatic N) is 5. The van der Waals surface area contributed by atoms with Gasteiger partial charge in [-0.3, -0.25) is 4.79 Å². The molecule has 0 aliphatic carbocycles. The maximum atomic E-state index is 13.5. The van der Waals surface area contributed by atoms with Crippen LogP contribution in [0.4, 0.5) is 13.2 Å². The third-order valence-corrected chi connectivity index (χ3v) is 5.42. The van der Waals surface area contributed by atoms with Gasteiger partial charge in [0.15, 0.2) is 28.8 Å². The van der Waals surface area contributed by atoms with Crippen LogP contribution in [0.1, 0.15) is 0 Å². The van der Waals surface area contributed by atoms with Crippen molar-refractivity contribution in [2.75, 3.05) is 14.0 Å². The normalized spacial score (nSPS) is 11.0. The predicted octanol–water partition coefficient (Wildman–Crippen LogP) is 4.47. The third kappa shape index (κ3) is 4.11. The molecule has 5 aromatic rings. The van der Waals surface area contributed by atoms with Crippen molar-refractivity contribution in [2.45, 2.75) is 0 Å². The molecule has 3 aromatic heterocycles. The summed E-state index contributed by atoms with van der Waals surface area (Å²) in [6.07, 6.45) is 4.78. The van der Waals surface area contributed by atoms with E-state index in [4.69, 9.17) is 9.47 Å². The fourth-order valence-corrected chi connectivity index (χ4v) is 3.74. The number of halogens is 3. The van der Waals surface area contributed by atoms with Crippen LogP contribution in [0.5, 0.6) is 11.5 Å². The van der Waals surface area contributed by atoms with Gasteiger partial charge < -0.3 is 14.0 Å². The second kappa shape index (κ2) is 9.45. The van der Waals surface area contributed by atoms with Crippen molar-refractivity contribution in [3.63, 3.8) is 0 Å². The first kappa shape index (κ1) is 23.0. The van der Waals surface area contributed by atoms with Crippen LogP contribution in [-0.2, 0) is 0 Å². The van der Waals surface area contributed by atoms with Crippen LogP contribution in [0.15, 0.2) is 84.2 Å². The van der Waals surface area contributed by atoms with Gasteiger partial charge in [0, 0.05) is 24.1 Å². The van der Waals surface area contributed by atoms with Gasteiger partial charge in [0.1, 0.15) is 5.69 Å². The van der Waals surface area contributed by atoms with Gasteiger partial charge in [-0.1, -0.05) is 18.2 Å². The Labute approximate surface area is 202 Å². The van der Waals surface area contributed by atoms with Gasteiger partial charge in [0.05, 0.1) is 30.9 Å². The Morgan fingerprint density at radius 3 is 2.36 bits per heavy atom. The minimum absolute atomic E-state index is 0.0187. The van der Waals surface area contributed by atoms with Gasteiger partial charge in [-0.2, -0.15) is 10.2 Å². The molecule has 182 valence electrons. The van der Waals surface area contributed by atoms with Crippen LogP contribution in [0.3, 0.4) is 0 Å². The van der Waals surface area contributed by atoms with E-state index in [1.54, 1.807) is 16.8 Å². The Balaban J connectivity index is 1.66. The largest absolute Gasteiger partial charge is 0.491 e. The summed E-state index contributed by atoms with van der Waals surface area (Å²) in [6, 6.07) is 15.3. The molecule has 0 saturated heterocycles. The first-order valence-corrected chi connectivity index (χ1v) is 10.6. The molecule has 0 radical (unpaired) electrons. The van der Waals surface area contributed by atoms with Crippen LogP contribution in [0, 0.1) is 11.6 Å². The number of para-hydroxylation sites is 1. The van der Waals surface area contributed by atoms with E-state index in [9.17, 15) is 18.0 Å². The van der Waals surface area contributed by atoms with Gasteiger partial charge in [-0.25, -0.2) is 22.5 Å². The van der Waals surface area contributed by atoms with Gasteiger partial charge in [0.25, 0.3) is 5.43 Å². The first-order chi connectivity index (χ1) is 17.5. The summed E-state index contributed by atoms with van der Waals surface area (Å²) < 4.78 is 54.8. The molecule has 0 fully saturated rings. The van der Waals surface area contributed by atoms with Crippen LogP contribution in [0.25, 0.3) is 28.5 Å². The van der Waals surface area contributed by atoms with E-state index >= 15 is 0 Å². The lowest BCUT2D eigenvalue weighted by atomic mass is 10.2. The maximum Gasteiger partial charge on any atom is 0.251 e. The highest BCUT2D eigenvalue weighted by Crippen LogP contribution is 2.29. The van der Waals surface area contributed by atoms with Gasteiger partial charge in [0.2, 0.25) is 6.86 Å². The van der Waals surface area contributed by atoms with Crippen LogP contribution in [-0.4, -0.2) is 38.1 Å². The lowest BCUT2D eigenvalue weighted by molar-refractivity contribution is 0.191. The molecule has 0 saturated carbocycles. The van der Waals surface area contributed by atoms with E-state index in [1.165, 1.54) is 40.9 Å². The molecule has 5 rings (SSSR count). The van der Waals surface area contributed by atoms with Crippen molar-refractivity contribution in [1.82, 2.24) is 24.1 Å². The Morgan fingerprint density at radius 1 is 0.917 bits per heavy atom. The number of benzene rings is 2. The molecule has 0 atom stereocenters. The molecule has 0 amide bonds. The van der Waals surface area contributed by atoms with Crippen molar-refractivity contribution in [3.8, 4) is 39.9 Å². The van der Waals surface area contributed by atoms with Crippen LogP contribution < -0.4 is 14.9 Å². The molecular formula is C25H18F3N5O3. The average molecular weight is 493 g/mol. The Bertz CT molecular complexity index is 1580. The van der Waals surface area contributed by atoms with Crippen molar-refractivity contribution in [3.05, 3.63) is 101 Å². The van der Waals surface area contributed by atoms with E-state index in [0.717, 1.165) is 12.4 Å². The van der Waals surface area contributed by atoms with E-state index in [2.05, 4.69) is 10.2 Å². The second-order valence-electron chi connectivity index (χ2n) is 7.55. The Hall–Kier alpha value is -4.80. The summed E-state index contributed by atoms with van der Waals surface area (Å²) in [5, 5.41) is 8.79. The number of methoxy groups -OCH3 is 1. The summed E-state index contributed by atoms with van der Waals surface area (Å²) in [5.74, 6) is -2.06. The van der Waals surface area contributed by atoms with Crippen molar-refractivity contribution in [2.24, 2.45) is 0 Å². The summed E-state index contributed by atoms with van der Waals surface area (Å²) in [7, 11) is 1.34. The SMILES string of the molecule is COc1cn(-c2ccc(-n3cc(F)c(F)c3)cc2OCF)nc(-c2ccnn2-c2ccccc2)c1=O. The highest BCUT2D eigenvalue weighted by atomic mass is 19.2. The topological polar surface area (TPSA) is 76.1 Å². The molecular weight excluding hydrogens is 475 g/mol. The molecule has 36 heavy (non-hydrogen) atoms. The summed E-state index contributed by atoms with van der Waals surface area (Å²) in [4.78, 5) is 13.1. The van der Waals surface area contributed by atoms with Crippen molar-refractivity contribution >= 4 is 0 Å². The van der Waals surface area contributed by atoms with E-state index in [0.29, 0.717) is 17.1 Å². The third-order valence-electron chi connectivity index (χ3n) is 5.42. The lowest BCUT2D eigenvalue weighted by Gasteiger charge is -2.15. The molecule has 0 aliphatic rings. The standard InChI is InChI=1S/C25H18F3N5O3/c1-35-23-14-32(20-8-7-17(11-22(20)36-15-26)31-12-18(27)19(28)13-31)30-24(25(23)34)21-9-10-29-33(21)16-5-3-2-4-6-16/h2-14H,15H2,1H3. The summed E-state index contributed by atoms with van der Waals surface area (Å²) >= 11 is 0. The molecule has 11 heteroatoms. The first-order valence-electron chi connectivity index (χ1n) is 10.6. The quantitative estimate of drug-likeness (QED) is 0.335. The molecule has 0 N–H and O–H groups in total. The molecule has 3 heterocycles. The van der Waals surface area contributed by atoms with Crippen LogP contribution >= 0.6 is 0 Å². The predicted molar refractivity (Wildman–Crippen MR) is 125 cm³/mol. The van der Waals surface area contributed by atoms with E-state index < -0.39 is 23.9 Å². The zero-order valence-electron chi connectivity index (χ0n) is 18.8. The fourth-order valence-electron chi connectivity index (χ4n) is 3.74. The molecule has 2 aromatic carbocycles. The zero-order valence-corrected chi connectivity index (χ0v) is 18.8. The molecule has 0 spiro atoms. The number of hydrogen-bond acceptors (Lipinski definition) is 5. The van der Waals surface area contributed by atoms with Gasteiger partial charge in [-0.05, 0) is 30.3 Å². The number of hydrogen-bond donors (Lipinski definition) is 0. The molecule has 0 unspecified atom stereocenters. The number of aromatic nitrogens is 5. The van der Waals surface area contributed by atoms with Crippen LogP contribution in [0.2, 0.25) is 0 Å². The molecule has 0 bridgehead atoms. The van der Waals surface area contributed by atoms with Gasteiger partial charge >= 0.3 is 0 Å². The average Bonchev–Trinajstić information content (AvgIpc) is 3.51. The number of alkyl halides is 1. The minimum atomic E-state index is -1.17. The molecule has 0 aliphatic heterocycles. The molecule has 8 nitrogen and oxygen atoms in total. The van der Waals surface area contributed by atoms with E-state index in [-0.39, 0.29) is 22.9 Å². The van der Waals surface area contributed by atoms with Crippen molar-refractivity contribution < 1.29 is 22.6 Å². The Kier molecular flexibility index (Phi) is 6.03. The Morgan fingerprint density at radius 2 is 1.67 bits per heavy atom. The smallest absolute Gasteiger partial charge is 0.251 e. The maximum absolute atomic E-state index is 13.5. The highest BCUT2D eigenvalue weighted by Gasteiger charge is 2.19. The number of ether oxygens (including phenoxy) is 2. The highest BCUT2D eigenvalue weighted by molar-refractivity contribution is 5.60. The monoisotopic (exact) mass is 493 g/mol. The summed E-state index contributed by atoms with van der Waals surface area (Å²) in [6.45, 7) is -1.17. The zero-order chi connectivity index (χ0) is 25.2. The van der Waals surface area contributed by atoms with E-state index in [1.807, 2.05) is 30.3 Å². The summed E-state index contributed by atoms with van der Waals surface area (Å²) in [5.41, 5.74) is 1.25. The number of rotatable bonds is 7. The fraction of sp³-hybridized carbons (Fsp3) is 0.0800. The minimum Gasteiger partial charge on any atom is -0.491 e.